The molecule has 0 bridgehead atoms. The number of aromatic amines is 2. The summed E-state index contributed by atoms with van der Waals surface area (Å²) in [6.45, 7) is 2.14. The number of rotatable bonds is 3. The molecule has 2 aromatic heterocycles. The number of H-pyrrole nitrogens is 2. The maximum atomic E-state index is 12.3. The molecule has 25 heavy (non-hydrogen) atoms. The van der Waals surface area contributed by atoms with E-state index < -0.39 is 0 Å². The fourth-order valence-electron chi connectivity index (χ4n) is 3.12. The van der Waals surface area contributed by atoms with E-state index >= 15 is 0 Å². The number of anilines is 1. The summed E-state index contributed by atoms with van der Waals surface area (Å²) in [6, 6.07) is 15.0. The zero-order chi connectivity index (χ0) is 17.4. The predicted octanol–water partition coefficient (Wildman–Crippen LogP) is 3.82. The van der Waals surface area contributed by atoms with Crippen LogP contribution in [0.2, 0.25) is 0 Å². The van der Waals surface area contributed by atoms with Gasteiger partial charge in [-0.3, -0.25) is 9.59 Å². The first-order valence-corrected chi connectivity index (χ1v) is 8.19. The number of amides is 1. The molecule has 4 aromatic rings. The Balaban J connectivity index is 1.71. The van der Waals surface area contributed by atoms with Crippen molar-refractivity contribution in [2.24, 2.45) is 0 Å². The summed E-state index contributed by atoms with van der Waals surface area (Å²) in [7, 11) is 0. The predicted molar refractivity (Wildman–Crippen MR) is 100 cm³/mol. The number of hydrogen-bond donors (Lipinski definition) is 3. The first-order chi connectivity index (χ1) is 12.2. The van der Waals surface area contributed by atoms with Gasteiger partial charge in [-0.15, -0.1) is 0 Å². The van der Waals surface area contributed by atoms with Crippen LogP contribution in [0.1, 0.15) is 22.8 Å². The van der Waals surface area contributed by atoms with Gasteiger partial charge in [-0.1, -0.05) is 31.2 Å². The lowest BCUT2D eigenvalue weighted by atomic mass is 10.1. The SMILES string of the molecule is CCc1cccc2c1[nH]c1cc(NC(=O)c3ccc(=O)[nH]c3)ccc12. The lowest BCUT2D eigenvalue weighted by molar-refractivity contribution is 0.102. The van der Waals surface area contributed by atoms with Crippen LogP contribution in [0, 0.1) is 0 Å². The highest BCUT2D eigenvalue weighted by molar-refractivity contribution is 6.10. The van der Waals surface area contributed by atoms with Crippen molar-refractivity contribution in [3.8, 4) is 0 Å². The molecule has 3 N–H and O–H groups in total. The van der Waals surface area contributed by atoms with Gasteiger partial charge < -0.3 is 15.3 Å². The number of aromatic nitrogens is 2. The van der Waals surface area contributed by atoms with Gasteiger partial charge in [-0.2, -0.15) is 0 Å². The highest BCUT2D eigenvalue weighted by atomic mass is 16.1. The van der Waals surface area contributed by atoms with Gasteiger partial charge in [0, 0.05) is 39.8 Å². The number of carbonyl (C=O) groups excluding carboxylic acids is 1. The molecule has 0 spiro atoms. The molecule has 0 aliphatic rings. The van der Waals surface area contributed by atoms with Crippen LogP contribution in [-0.4, -0.2) is 15.9 Å². The molecule has 0 saturated heterocycles. The van der Waals surface area contributed by atoms with Crippen molar-refractivity contribution in [2.75, 3.05) is 5.32 Å². The highest BCUT2D eigenvalue weighted by Crippen LogP contribution is 2.29. The second kappa shape index (κ2) is 5.94. The molecule has 2 aromatic carbocycles. The van der Waals surface area contributed by atoms with E-state index in [2.05, 4.69) is 40.4 Å². The van der Waals surface area contributed by atoms with Crippen LogP contribution < -0.4 is 10.9 Å². The molecule has 0 unspecified atom stereocenters. The maximum absolute atomic E-state index is 12.3. The van der Waals surface area contributed by atoms with Crippen LogP contribution in [-0.2, 0) is 6.42 Å². The molecule has 5 nitrogen and oxygen atoms in total. The largest absolute Gasteiger partial charge is 0.354 e. The van der Waals surface area contributed by atoms with Gasteiger partial charge in [0.05, 0.1) is 5.56 Å². The minimum absolute atomic E-state index is 0.234. The second-order valence-electron chi connectivity index (χ2n) is 5.97. The molecule has 2 heterocycles. The molecule has 0 aliphatic carbocycles. The Morgan fingerprint density at radius 3 is 2.72 bits per heavy atom. The first kappa shape index (κ1) is 15.2. The van der Waals surface area contributed by atoms with Crippen molar-refractivity contribution in [1.29, 1.82) is 0 Å². The monoisotopic (exact) mass is 331 g/mol. The van der Waals surface area contributed by atoms with Gasteiger partial charge in [-0.25, -0.2) is 0 Å². The van der Waals surface area contributed by atoms with Gasteiger partial charge in [0.1, 0.15) is 0 Å². The van der Waals surface area contributed by atoms with Crippen LogP contribution in [0.15, 0.2) is 59.5 Å². The average Bonchev–Trinajstić information content (AvgIpc) is 3.00. The van der Waals surface area contributed by atoms with Gasteiger partial charge in [-0.05, 0) is 30.2 Å². The van der Waals surface area contributed by atoms with Crippen LogP contribution in [0.3, 0.4) is 0 Å². The quantitative estimate of drug-likeness (QED) is 0.533. The minimum atomic E-state index is -0.263. The third-order valence-corrected chi connectivity index (χ3v) is 4.41. The normalized spacial score (nSPS) is 11.1. The van der Waals surface area contributed by atoms with Gasteiger partial charge in [0.25, 0.3) is 5.91 Å². The topological polar surface area (TPSA) is 77.8 Å². The Kier molecular flexibility index (Phi) is 3.61. The number of fused-ring (bicyclic) bond motifs is 3. The summed E-state index contributed by atoms with van der Waals surface area (Å²) in [5.41, 5.74) is 4.27. The molecule has 0 aliphatic heterocycles. The van der Waals surface area contributed by atoms with Gasteiger partial charge in [0.15, 0.2) is 0 Å². The van der Waals surface area contributed by atoms with Crippen LogP contribution in [0.25, 0.3) is 21.8 Å². The zero-order valence-corrected chi connectivity index (χ0v) is 13.7. The van der Waals surface area contributed by atoms with E-state index in [0.29, 0.717) is 11.3 Å². The summed E-state index contributed by atoms with van der Waals surface area (Å²) in [4.78, 5) is 29.3. The third kappa shape index (κ3) is 2.70. The minimum Gasteiger partial charge on any atom is -0.354 e. The van der Waals surface area contributed by atoms with Crippen LogP contribution in [0.5, 0.6) is 0 Å². The van der Waals surface area contributed by atoms with E-state index in [0.717, 1.165) is 22.8 Å². The van der Waals surface area contributed by atoms with E-state index in [1.807, 2.05) is 18.2 Å². The summed E-state index contributed by atoms with van der Waals surface area (Å²) in [6.07, 6.45) is 2.37. The molecule has 0 atom stereocenters. The van der Waals surface area contributed by atoms with E-state index in [-0.39, 0.29) is 11.5 Å². The molecular weight excluding hydrogens is 314 g/mol. The van der Waals surface area contributed by atoms with Gasteiger partial charge >= 0.3 is 0 Å². The number of carbonyl (C=O) groups is 1. The summed E-state index contributed by atoms with van der Waals surface area (Å²) in [5.74, 6) is -0.263. The number of nitrogens with one attached hydrogen (secondary N) is 3. The molecule has 5 heteroatoms. The molecular formula is C20H17N3O2. The fourth-order valence-corrected chi connectivity index (χ4v) is 3.12. The first-order valence-electron chi connectivity index (χ1n) is 8.19. The molecule has 124 valence electrons. The van der Waals surface area contributed by atoms with Crippen molar-refractivity contribution >= 4 is 33.4 Å². The number of hydrogen-bond acceptors (Lipinski definition) is 2. The number of aryl methyl sites for hydroxylation is 1. The Morgan fingerprint density at radius 1 is 1.08 bits per heavy atom. The average molecular weight is 331 g/mol. The Bertz CT molecular complexity index is 1130. The number of pyridine rings is 1. The van der Waals surface area contributed by atoms with Crippen LogP contribution >= 0.6 is 0 Å². The molecule has 1 amide bonds. The highest BCUT2D eigenvalue weighted by Gasteiger charge is 2.10. The van der Waals surface area contributed by atoms with Crippen molar-refractivity contribution in [3.05, 3.63) is 76.2 Å². The van der Waals surface area contributed by atoms with E-state index in [1.54, 1.807) is 0 Å². The van der Waals surface area contributed by atoms with Crippen LogP contribution in [0.4, 0.5) is 5.69 Å². The third-order valence-electron chi connectivity index (χ3n) is 4.41. The Hall–Kier alpha value is -3.34. The number of benzene rings is 2. The van der Waals surface area contributed by atoms with Gasteiger partial charge in [0.2, 0.25) is 5.56 Å². The second-order valence-corrected chi connectivity index (χ2v) is 5.97. The number of para-hydroxylation sites is 1. The molecule has 0 fully saturated rings. The lowest BCUT2D eigenvalue weighted by Gasteiger charge is -2.05. The maximum Gasteiger partial charge on any atom is 0.257 e. The lowest BCUT2D eigenvalue weighted by Crippen LogP contribution is -2.14. The molecule has 0 radical (unpaired) electrons. The van der Waals surface area contributed by atoms with Crippen molar-refractivity contribution < 1.29 is 4.79 Å². The van der Waals surface area contributed by atoms with Crippen molar-refractivity contribution in [3.63, 3.8) is 0 Å². The Labute approximate surface area is 143 Å². The van der Waals surface area contributed by atoms with E-state index in [4.69, 9.17) is 0 Å². The zero-order valence-electron chi connectivity index (χ0n) is 13.7. The van der Waals surface area contributed by atoms with E-state index in [9.17, 15) is 9.59 Å². The van der Waals surface area contributed by atoms with Crippen molar-refractivity contribution in [1.82, 2.24) is 9.97 Å². The summed E-state index contributed by atoms with van der Waals surface area (Å²) >= 11 is 0. The fraction of sp³-hybridized carbons (Fsp3) is 0.100. The summed E-state index contributed by atoms with van der Waals surface area (Å²) < 4.78 is 0. The summed E-state index contributed by atoms with van der Waals surface area (Å²) in [5, 5.41) is 5.18. The van der Waals surface area contributed by atoms with E-state index in [1.165, 1.54) is 29.3 Å². The standard InChI is InChI=1S/C20H17N3O2/c1-2-12-4-3-5-16-15-8-7-14(10-17(15)23-19(12)16)22-20(25)13-6-9-18(24)21-11-13/h3-11,23H,2H2,1H3,(H,21,24)(H,22,25). The molecule has 4 rings (SSSR count). The molecule has 0 saturated carbocycles. The Morgan fingerprint density at radius 2 is 1.96 bits per heavy atom. The smallest absolute Gasteiger partial charge is 0.257 e. The van der Waals surface area contributed by atoms with Crippen molar-refractivity contribution in [2.45, 2.75) is 13.3 Å².